The van der Waals surface area contributed by atoms with Crippen molar-refractivity contribution >= 4 is 0 Å². The molecule has 2 aliphatic rings. The lowest BCUT2D eigenvalue weighted by Gasteiger charge is -2.33. The lowest BCUT2D eigenvalue weighted by molar-refractivity contribution is 0.420. The Morgan fingerprint density at radius 3 is 1.12 bits per heavy atom. The standard InChI is InChI=1S/C30H34O2/c31-25-15-11-21(12-16-25)27-19-20-28(22-13-17-26(32)18-14-22)30(24-9-5-2-6-10-24)29(27)23-7-3-1-4-8-23/h11-20,23-24,31-32H,1-10H2. The van der Waals surface area contributed by atoms with Crippen LogP contribution in [-0.4, -0.2) is 10.2 Å². The molecule has 2 nitrogen and oxygen atoms in total. The van der Waals surface area contributed by atoms with Crippen LogP contribution in [0.15, 0.2) is 60.7 Å². The fourth-order valence-corrected chi connectivity index (χ4v) is 6.08. The molecule has 0 saturated heterocycles. The van der Waals surface area contributed by atoms with Gasteiger partial charge in [-0.25, -0.2) is 0 Å². The fourth-order valence-electron chi connectivity index (χ4n) is 6.08. The molecule has 0 unspecified atom stereocenters. The largest absolute Gasteiger partial charge is 0.508 e. The van der Waals surface area contributed by atoms with Crippen molar-refractivity contribution in [2.75, 3.05) is 0 Å². The third-order valence-corrected chi connectivity index (χ3v) is 7.67. The average molecular weight is 427 g/mol. The maximum atomic E-state index is 9.87. The Bertz CT molecular complexity index is 951. The van der Waals surface area contributed by atoms with Crippen molar-refractivity contribution in [2.24, 2.45) is 0 Å². The van der Waals surface area contributed by atoms with Gasteiger partial charge in [-0.3, -0.25) is 0 Å². The predicted octanol–water partition coefficient (Wildman–Crippen LogP) is 8.53. The third-order valence-electron chi connectivity index (χ3n) is 7.67. The molecule has 3 aromatic rings. The topological polar surface area (TPSA) is 40.5 Å². The second-order valence-electron chi connectivity index (χ2n) is 9.75. The van der Waals surface area contributed by atoms with E-state index in [2.05, 4.69) is 36.4 Å². The minimum absolute atomic E-state index is 0.321. The van der Waals surface area contributed by atoms with Crippen LogP contribution in [0.3, 0.4) is 0 Å². The third kappa shape index (κ3) is 4.28. The summed E-state index contributed by atoms with van der Waals surface area (Å²) >= 11 is 0. The van der Waals surface area contributed by atoms with Gasteiger partial charge in [-0.2, -0.15) is 0 Å². The molecule has 166 valence electrons. The lowest BCUT2D eigenvalue weighted by atomic mass is 9.71. The van der Waals surface area contributed by atoms with Crippen LogP contribution >= 0.6 is 0 Å². The molecule has 32 heavy (non-hydrogen) atoms. The van der Waals surface area contributed by atoms with Crippen molar-refractivity contribution in [1.82, 2.24) is 0 Å². The van der Waals surface area contributed by atoms with Crippen LogP contribution in [0.25, 0.3) is 22.3 Å². The van der Waals surface area contributed by atoms with Crippen LogP contribution < -0.4 is 0 Å². The zero-order valence-electron chi connectivity index (χ0n) is 18.9. The van der Waals surface area contributed by atoms with Crippen molar-refractivity contribution in [3.63, 3.8) is 0 Å². The summed E-state index contributed by atoms with van der Waals surface area (Å²) in [6.45, 7) is 0. The van der Waals surface area contributed by atoms with Gasteiger partial charge in [0.2, 0.25) is 0 Å². The number of phenols is 2. The molecule has 3 aromatic carbocycles. The van der Waals surface area contributed by atoms with Crippen LogP contribution in [0.2, 0.25) is 0 Å². The molecule has 2 saturated carbocycles. The Morgan fingerprint density at radius 2 is 0.781 bits per heavy atom. The van der Waals surface area contributed by atoms with E-state index in [-0.39, 0.29) is 0 Å². The van der Waals surface area contributed by atoms with E-state index >= 15 is 0 Å². The van der Waals surface area contributed by atoms with Crippen molar-refractivity contribution in [3.8, 4) is 33.8 Å². The minimum atomic E-state index is 0.321. The van der Waals surface area contributed by atoms with Gasteiger partial charge in [0.1, 0.15) is 11.5 Å². The van der Waals surface area contributed by atoms with Crippen molar-refractivity contribution in [2.45, 2.75) is 76.0 Å². The monoisotopic (exact) mass is 426 g/mol. The van der Waals surface area contributed by atoms with E-state index in [1.54, 1.807) is 11.1 Å². The molecular weight excluding hydrogens is 392 g/mol. The maximum absolute atomic E-state index is 9.87. The van der Waals surface area contributed by atoms with E-state index in [0.29, 0.717) is 23.3 Å². The smallest absolute Gasteiger partial charge is 0.115 e. The second-order valence-corrected chi connectivity index (χ2v) is 9.75. The molecule has 2 fully saturated rings. The first-order chi connectivity index (χ1) is 15.7. The average Bonchev–Trinajstić information content (AvgIpc) is 2.85. The lowest BCUT2D eigenvalue weighted by Crippen LogP contribution is -2.15. The molecule has 0 bridgehead atoms. The molecule has 0 radical (unpaired) electrons. The molecule has 0 amide bonds. The molecular formula is C30H34O2. The zero-order valence-corrected chi connectivity index (χ0v) is 18.9. The van der Waals surface area contributed by atoms with Gasteiger partial charge in [0.15, 0.2) is 0 Å². The summed E-state index contributed by atoms with van der Waals surface area (Å²) in [6.07, 6.45) is 13.0. The Morgan fingerprint density at radius 1 is 0.438 bits per heavy atom. The number of phenolic OH excluding ortho intramolecular Hbond substituents is 2. The summed E-state index contributed by atoms with van der Waals surface area (Å²) < 4.78 is 0. The first kappa shape index (κ1) is 21.1. The molecule has 2 heteroatoms. The van der Waals surface area contributed by atoms with Gasteiger partial charge in [-0.05, 0) is 95.2 Å². The van der Waals surface area contributed by atoms with Gasteiger partial charge in [-0.15, -0.1) is 0 Å². The van der Waals surface area contributed by atoms with Gasteiger partial charge in [0.05, 0.1) is 0 Å². The van der Waals surface area contributed by atoms with Crippen LogP contribution in [0.1, 0.15) is 87.2 Å². The van der Waals surface area contributed by atoms with Gasteiger partial charge in [0.25, 0.3) is 0 Å². The highest BCUT2D eigenvalue weighted by Crippen LogP contribution is 2.48. The molecule has 0 aliphatic heterocycles. The normalized spacial score (nSPS) is 18.0. The second kappa shape index (κ2) is 9.40. The molecule has 0 aromatic heterocycles. The van der Waals surface area contributed by atoms with Gasteiger partial charge in [0, 0.05) is 0 Å². The summed E-state index contributed by atoms with van der Waals surface area (Å²) in [6, 6.07) is 20.2. The Kier molecular flexibility index (Phi) is 6.21. The fraction of sp³-hybridized carbons (Fsp3) is 0.400. The number of benzene rings is 3. The highest BCUT2D eigenvalue weighted by atomic mass is 16.3. The molecule has 5 rings (SSSR count). The minimum Gasteiger partial charge on any atom is -0.508 e. The number of aromatic hydroxyl groups is 2. The van der Waals surface area contributed by atoms with Gasteiger partial charge >= 0.3 is 0 Å². The van der Waals surface area contributed by atoms with Gasteiger partial charge in [-0.1, -0.05) is 74.9 Å². The Hall–Kier alpha value is -2.74. The molecule has 0 heterocycles. The number of hydrogen-bond acceptors (Lipinski definition) is 2. The Balaban J connectivity index is 1.74. The summed E-state index contributed by atoms with van der Waals surface area (Å²) in [5.74, 6) is 1.84. The van der Waals surface area contributed by atoms with E-state index in [4.69, 9.17) is 0 Å². The van der Waals surface area contributed by atoms with Crippen molar-refractivity contribution < 1.29 is 10.2 Å². The Labute approximate surface area is 192 Å². The highest BCUT2D eigenvalue weighted by molar-refractivity contribution is 5.79. The van der Waals surface area contributed by atoms with E-state index in [9.17, 15) is 10.2 Å². The van der Waals surface area contributed by atoms with Crippen molar-refractivity contribution in [3.05, 3.63) is 71.8 Å². The van der Waals surface area contributed by atoms with Gasteiger partial charge < -0.3 is 10.2 Å². The summed E-state index contributed by atoms with van der Waals surface area (Å²) in [7, 11) is 0. The highest BCUT2D eigenvalue weighted by Gasteiger charge is 2.29. The van der Waals surface area contributed by atoms with E-state index in [1.165, 1.54) is 86.5 Å². The molecule has 2 N–H and O–H groups in total. The first-order valence-electron chi connectivity index (χ1n) is 12.5. The maximum Gasteiger partial charge on any atom is 0.115 e. The first-order valence-corrected chi connectivity index (χ1v) is 12.5. The predicted molar refractivity (Wildman–Crippen MR) is 132 cm³/mol. The quantitative estimate of drug-likeness (QED) is 0.439. The zero-order chi connectivity index (χ0) is 21.9. The molecule has 0 spiro atoms. The van der Waals surface area contributed by atoms with Crippen LogP contribution in [0, 0.1) is 0 Å². The SMILES string of the molecule is Oc1ccc(-c2ccc(-c3ccc(O)cc3)c(C3CCCCC3)c2C2CCCCC2)cc1. The summed E-state index contributed by atoms with van der Waals surface area (Å²) in [4.78, 5) is 0. The van der Waals surface area contributed by atoms with Crippen molar-refractivity contribution in [1.29, 1.82) is 0 Å². The summed E-state index contributed by atoms with van der Waals surface area (Å²) in [5, 5.41) is 19.7. The van der Waals surface area contributed by atoms with E-state index in [1.807, 2.05) is 24.3 Å². The number of rotatable bonds is 4. The van der Waals surface area contributed by atoms with Crippen LogP contribution in [0.4, 0.5) is 0 Å². The van der Waals surface area contributed by atoms with Crippen LogP contribution in [0.5, 0.6) is 11.5 Å². The van der Waals surface area contributed by atoms with Crippen LogP contribution in [-0.2, 0) is 0 Å². The molecule has 2 aliphatic carbocycles. The van der Waals surface area contributed by atoms with E-state index < -0.39 is 0 Å². The number of hydrogen-bond donors (Lipinski definition) is 2. The van der Waals surface area contributed by atoms with E-state index in [0.717, 1.165) is 0 Å². The molecule has 0 atom stereocenters. The summed E-state index contributed by atoms with van der Waals surface area (Å²) in [5.41, 5.74) is 8.23.